The van der Waals surface area contributed by atoms with Gasteiger partial charge in [-0.1, -0.05) is 34.5 Å². The molecule has 1 aromatic rings. The Morgan fingerprint density at radius 1 is 1.45 bits per heavy atom. The number of benzene rings is 1. The molecule has 0 unspecified atom stereocenters. The van der Waals surface area contributed by atoms with Crippen LogP contribution in [0.1, 0.15) is 26.2 Å². The van der Waals surface area contributed by atoms with Gasteiger partial charge in [0.1, 0.15) is 5.75 Å². The molecule has 0 saturated carbocycles. The van der Waals surface area contributed by atoms with Crippen molar-refractivity contribution in [3.63, 3.8) is 0 Å². The molecule has 2 rings (SSSR count). The van der Waals surface area contributed by atoms with Crippen LogP contribution in [0.25, 0.3) is 0 Å². The second-order valence-corrected chi connectivity index (χ2v) is 6.87. The molecule has 1 heterocycles. The van der Waals surface area contributed by atoms with Gasteiger partial charge in [-0.3, -0.25) is 4.79 Å². The molecule has 1 amide bonds. The molecule has 4 nitrogen and oxygen atoms in total. The molecule has 0 spiro atoms. The van der Waals surface area contributed by atoms with Crippen molar-refractivity contribution in [2.24, 2.45) is 0 Å². The predicted octanol–water partition coefficient (Wildman–Crippen LogP) is 3.47. The zero-order chi connectivity index (χ0) is 15.9. The fraction of sp³-hybridized carbons (Fsp3) is 0.562. The molecule has 6 heteroatoms. The highest BCUT2D eigenvalue weighted by Crippen LogP contribution is 2.27. The number of piperidine rings is 1. The van der Waals surface area contributed by atoms with E-state index in [-0.39, 0.29) is 18.6 Å². The van der Waals surface area contributed by atoms with Crippen LogP contribution in [0.2, 0.25) is 5.02 Å². The van der Waals surface area contributed by atoms with E-state index in [4.69, 9.17) is 16.3 Å². The molecule has 1 aliphatic rings. The topological polar surface area (TPSA) is 41.6 Å². The number of nitrogens with zero attached hydrogens (tertiary/aromatic N) is 1. The number of ether oxygens (including phenoxy) is 1. The standard InChI is InChI=1S/C16H22BrClN2O2/c1-2-7-20-8-5-13(6-9-20)19-16(21)11-22-15-4-3-12(17)10-14(15)18/h3-4,10,13H,2,5-9,11H2,1H3,(H,19,21). The minimum atomic E-state index is -0.0899. The predicted molar refractivity (Wildman–Crippen MR) is 92.5 cm³/mol. The lowest BCUT2D eigenvalue weighted by Gasteiger charge is -2.32. The highest BCUT2D eigenvalue weighted by Gasteiger charge is 2.20. The summed E-state index contributed by atoms with van der Waals surface area (Å²) in [5.41, 5.74) is 0. The first kappa shape index (κ1) is 17.6. The smallest absolute Gasteiger partial charge is 0.258 e. The number of rotatable bonds is 6. The molecule has 1 fully saturated rings. The lowest BCUT2D eigenvalue weighted by atomic mass is 10.0. The first-order valence-electron chi connectivity index (χ1n) is 7.68. The van der Waals surface area contributed by atoms with E-state index in [0.29, 0.717) is 10.8 Å². The molecule has 0 radical (unpaired) electrons. The monoisotopic (exact) mass is 388 g/mol. The van der Waals surface area contributed by atoms with Gasteiger partial charge in [0.2, 0.25) is 0 Å². The SMILES string of the molecule is CCCN1CCC(NC(=O)COc2ccc(Br)cc2Cl)CC1. The number of hydrogen-bond donors (Lipinski definition) is 1. The minimum Gasteiger partial charge on any atom is -0.482 e. The summed E-state index contributed by atoms with van der Waals surface area (Å²) in [5, 5.41) is 3.54. The summed E-state index contributed by atoms with van der Waals surface area (Å²) in [6.45, 7) is 5.44. The van der Waals surface area contributed by atoms with Crippen LogP contribution in [-0.2, 0) is 4.79 Å². The molecule has 1 aliphatic heterocycles. The number of halogens is 2. The quantitative estimate of drug-likeness (QED) is 0.810. The maximum absolute atomic E-state index is 12.0. The minimum absolute atomic E-state index is 0.00345. The van der Waals surface area contributed by atoms with Gasteiger partial charge in [0.25, 0.3) is 5.91 Å². The third-order valence-electron chi connectivity index (χ3n) is 3.75. The average Bonchev–Trinajstić information content (AvgIpc) is 2.49. The van der Waals surface area contributed by atoms with Gasteiger partial charge in [-0.2, -0.15) is 0 Å². The molecule has 0 atom stereocenters. The van der Waals surface area contributed by atoms with Crippen molar-refractivity contribution in [2.75, 3.05) is 26.2 Å². The fourth-order valence-electron chi connectivity index (χ4n) is 2.62. The van der Waals surface area contributed by atoms with Gasteiger partial charge in [-0.25, -0.2) is 0 Å². The van der Waals surface area contributed by atoms with Crippen molar-refractivity contribution in [3.05, 3.63) is 27.7 Å². The summed E-state index contributed by atoms with van der Waals surface area (Å²) in [7, 11) is 0. The molecular weight excluding hydrogens is 368 g/mol. The van der Waals surface area contributed by atoms with Crippen LogP contribution >= 0.6 is 27.5 Å². The van der Waals surface area contributed by atoms with E-state index in [9.17, 15) is 4.79 Å². The van der Waals surface area contributed by atoms with Gasteiger partial charge in [-0.05, 0) is 44.0 Å². The molecule has 0 aromatic heterocycles. The third-order valence-corrected chi connectivity index (χ3v) is 4.53. The Hall–Kier alpha value is -0.780. The van der Waals surface area contributed by atoms with Crippen molar-refractivity contribution in [1.29, 1.82) is 0 Å². The van der Waals surface area contributed by atoms with Gasteiger partial charge in [0.05, 0.1) is 5.02 Å². The van der Waals surface area contributed by atoms with Gasteiger partial charge >= 0.3 is 0 Å². The third kappa shape index (κ3) is 5.45. The molecule has 0 bridgehead atoms. The summed E-state index contributed by atoms with van der Waals surface area (Å²) in [4.78, 5) is 14.4. The van der Waals surface area contributed by atoms with Gasteiger partial charge in [0.15, 0.2) is 6.61 Å². The summed E-state index contributed by atoms with van der Waals surface area (Å²) >= 11 is 9.39. The van der Waals surface area contributed by atoms with E-state index in [1.807, 2.05) is 6.07 Å². The van der Waals surface area contributed by atoms with Crippen LogP contribution in [0.15, 0.2) is 22.7 Å². The highest BCUT2D eigenvalue weighted by atomic mass is 79.9. The normalized spacial score (nSPS) is 16.5. The van der Waals surface area contributed by atoms with Crippen LogP contribution in [0.3, 0.4) is 0 Å². The van der Waals surface area contributed by atoms with E-state index in [1.54, 1.807) is 12.1 Å². The van der Waals surface area contributed by atoms with E-state index in [0.717, 1.165) is 36.9 Å². The first-order chi connectivity index (χ1) is 10.6. The summed E-state index contributed by atoms with van der Waals surface area (Å²) in [6, 6.07) is 5.59. The Morgan fingerprint density at radius 3 is 2.82 bits per heavy atom. The summed E-state index contributed by atoms with van der Waals surface area (Å²) in [5.74, 6) is 0.436. The largest absolute Gasteiger partial charge is 0.482 e. The Bertz CT molecular complexity index is 505. The lowest BCUT2D eigenvalue weighted by molar-refractivity contribution is -0.124. The van der Waals surface area contributed by atoms with Crippen molar-refractivity contribution >= 4 is 33.4 Å². The van der Waals surface area contributed by atoms with Crippen molar-refractivity contribution in [1.82, 2.24) is 10.2 Å². The van der Waals surface area contributed by atoms with E-state index < -0.39 is 0 Å². The first-order valence-corrected chi connectivity index (χ1v) is 8.85. The average molecular weight is 390 g/mol. The van der Waals surface area contributed by atoms with Crippen molar-refractivity contribution in [2.45, 2.75) is 32.2 Å². The molecule has 1 N–H and O–H groups in total. The van der Waals surface area contributed by atoms with E-state index in [1.165, 1.54) is 6.42 Å². The van der Waals surface area contributed by atoms with Crippen molar-refractivity contribution < 1.29 is 9.53 Å². The Balaban J connectivity index is 1.72. The number of amides is 1. The highest BCUT2D eigenvalue weighted by molar-refractivity contribution is 9.10. The zero-order valence-electron chi connectivity index (χ0n) is 12.8. The Labute approximate surface area is 145 Å². The van der Waals surface area contributed by atoms with Crippen LogP contribution in [0.5, 0.6) is 5.75 Å². The second-order valence-electron chi connectivity index (χ2n) is 5.55. The fourth-order valence-corrected chi connectivity index (χ4v) is 3.35. The Kier molecular flexibility index (Phi) is 6.99. The number of carbonyl (C=O) groups excluding carboxylic acids is 1. The summed E-state index contributed by atoms with van der Waals surface area (Å²) in [6.07, 6.45) is 3.19. The van der Waals surface area contributed by atoms with E-state index >= 15 is 0 Å². The molecule has 1 saturated heterocycles. The van der Waals surface area contributed by atoms with Crippen LogP contribution in [0.4, 0.5) is 0 Å². The maximum atomic E-state index is 12.0. The van der Waals surface area contributed by atoms with Gasteiger partial charge in [0, 0.05) is 23.6 Å². The molecule has 0 aliphatic carbocycles. The molecule has 122 valence electrons. The van der Waals surface area contributed by atoms with Crippen molar-refractivity contribution in [3.8, 4) is 5.75 Å². The number of hydrogen-bond acceptors (Lipinski definition) is 3. The zero-order valence-corrected chi connectivity index (χ0v) is 15.1. The van der Waals surface area contributed by atoms with Gasteiger partial charge in [-0.15, -0.1) is 0 Å². The van der Waals surface area contributed by atoms with Crippen LogP contribution in [0, 0.1) is 0 Å². The second kappa shape index (κ2) is 8.75. The van der Waals surface area contributed by atoms with Crippen LogP contribution in [-0.4, -0.2) is 43.1 Å². The number of likely N-dealkylation sites (tertiary alicyclic amines) is 1. The van der Waals surface area contributed by atoms with Gasteiger partial charge < -0.3 is 15.0 Å². The molecule has 22 heavy (non-hydrogen) atoms. The number of nitrogens with one attached hydrogen (secondary N) is 1. The Morgan fingerprint density at radius 2 is 2.18 bits per heavy atom. The number of carbonyl (C=O) groups is 1. The van der Waals surface area contributed by atoms with Crippen LogP contribution < -0.4 is 10.1 Å². The summed E-state index contributed by atoms with van der Waals surface area (Å²) < 4.78 is 6.36. The molecule has 1 aromatic carbocycles. The van der Waals surface area contributed by atoms with E-state index in [2.05, 4.69) is 33.1 Å². The lowest BCUT2D eigenvalue weighted by Crippen LogP contribution is -2.46. The molecular formula is C16H22BrClN2O2. The maximum Gasteiger partial charge on any atom is 0.258 e.